The van der Waals surface area contributed by atoms with Gasteiger partial charge in [-0.25, -0.2) is 0 Å². The number of fused-ring (bicyclic) bond motifs is 5. The predicted molar refractivity (Wildman–Crippen MR) is 182 cm³/mol. The lowest BCUT2D eigenvalue weighted by atomic mass is 9.55. The summed E-state index contributed by atoms with van der Waals surface area (Å²) in [6.45, 7) is 4.47. The predicted octanol–water partition coefficient (Wildman–Crippen LogP) is 0.159. The third-order valence-electron chi connectivity index (χ3n) is 12.4. The minimum Gasteiger partial charge on any atom is -0.508 e. The number of aliphatic hydroxyl groups is 4. The lowest BCUT2D eigenvalue weighted by Gasteiger charge is -2.50. The third kappa shape index (κ3) is 7.43. The van der Waals surface area contributed by atoms with Gasteiger partial charge in [0.15, 0.2) is 12.4 Å². The normalized spacial score (nSPS) is 41.2. The minimum absolute atomic E-state index is 0.0850. The second kappa shape index (κ2) is 15.8. The van der Waals surface area contributed by atoms with E-state index in [2.05, 4.69) is 23.6 Å². The van der Waals surface area contributed by atoms with Crippen molar-refractivity contribution in [3.8, 4) is 5.75 Å². The quantitative estimate of drug-likeness (QED) is 0.160. The Balaban J connectivity index is 1.04. The number of aryl methyl sites for hydroxylation is 1. The number of methoxy groups -OCH3 is 1. The number of aliphatic hydroxyl groups excluding tert-OH is 4. The second-order valence-electron chi connectivity index (χ2n) is 15.4. The number of phenols is 1. The van der Waals surface area contributed by atoms with Gasteiger partial charge in [0, 0.05) is 26.0 Å². The molecular weight excluding hydrogens is 680 g/mol. The van der Waals surface area contributed by atoms with Gasteiger partial charge in [-0.15, -0.1) is 0 Å². The molecule has 6 rings (SSSR count). The number of amides is 2. The topological polar surface area (TPSA) is 223 Å². The SMILES string of the molecule is COC1C(C(=O)NCCC(=O)O[C@H]2CC[C@H]3[C@@H]4CCc5cc(O)ccc5[C@H]4CC[C@]23C)OC(OC2C(O)C(CO)OC(C)C2NC(C)=O)C(O)C1O. The highest BCUT2D eigenvalue weighted by Gasteiger charge is 2.56. The van der Waals surface area contributed by atoms with E-state index in [0.717, 1.165) is 38.5 Å². The van der Waals surface area contributed by atoms with Crippen molar-refractivity contribution in [2.24, 2.45) is 17.3 Å². The number of benzene rings is 1. The standard InChI is InChI=1S/C37H54N2O13/c1-17-28(39-18(2)41)32(29(44)25(16-40)49-17)51-36-31(46)30(45)33(48-4)34(52-36)35(47)38-14-12-27(43)50-26-10-9-24-23-7-5-19-15-20(42)6-8-21(19)22(23)11-13-37(24,26)3/h6,8,15,17,22-26,28-34,36,40,42,44-46H,5,7,9-14,16H2,1-4H3,(H,38,47)(H,39,41)/t17?,22-,23-,24+,25?,26+,28?,29?,30?,31?,32?,33?,34?,36?,37+/m1/s1. The Bertz CT molecular complexity index is 1460. The van der Waals surface area contributed by atoms with Crippen molar-refractivity contribution in [3.05, 3.63) is 29.3 Å². The van der Waals surface area contributed by atoms with Crippen LogP contribution in [-0.4, -0.2) is 131 Å². The van der Waals surface area contributed by atoms with E-state index >= 15 is 0 Å². The van der Waals surface area contributed by atoms with E-state index < -0.39 is 85.6 Å². The van der Waals surface area contributed by atoms with Gasteiger partial charge in [0.2, 0.25) is 5.91 Å². The van der Waals surface area contributed by atoms with Crippen molar-refractivity contribution in [3.63, 3.8) is 0 Å². The van der Waals surface area contributed by atoms with E-state index in [1.807, 2.05) is 6.07 Å². The Morgan fingerprint density at radius 3 is 2.50 bits per heavy atom. The van der Waals surface area contributed by atoms with Crippen LogP contribution in [0.1, 0.15) is 76.3 Å². The van der Waals surface area contributed by atoms with Gasteiger partial charge in [-0.1, -0.05) is 13.0 Å². The van der Waals surface area contributed by atoms with Crippen LogP contribution in [0.25, 0.3) is 0 Å². The van der Waals surface area contributed by atoms with Gasteiger partial charge in [0.1, 0.15) is 48.5 Å². The summed E-state index contributed by atoms with van der Waals surface area (Å²) in [5.41, 5.74) is 2.43. The van der Waals surface area contributed by atoms with Crippen LogP contribution < -0.4 is 10.6 Å². The van der Waals surface area contributed by atoms with Gasteiger partial charge < -0.3 is 59.9 Å². The Kier molecular flexibility index (Phi) is 11.8. The lowest BCUT2D eigenvalue weighted by molar-refractivity contribution is -0.325. The number of hydrogen-bond acceptors (Lipinski definition) is 13. The molecule has 2 heterocycles. The summed E-state index contributed by atoms with van der Waals surface area (Å²) < 4.78 is 28.8. The Labute approximate surface area is 303 Å². The van der Waals surface area contributed by atoms with Crippen molar-refractivity contribution >= 4 is 17.8 Å². The summed E-state index contributed by atoms with van der Waals surface area (Å²) in [6.07, 6.45) is -7.01. The number of esters is 1. The molecule has 15 heteroatoms. The van der Waals surface area contributed by atoms with Gasteiger partial charge in [-0.3, -0.25) is 14.4 Å². The smallest absolute Gasteiger partial charge is 0.307 e. The van der Waals surface area contributed by atoms with Crippen LogP contribution in [0.15, 0.2) is 18.2 Å². The molecule has 2 saturated carbocycles. The molecule has 2 saturated heterocycles. The van der Waals surface area contributed by atoms with Gasteiger partial charge in [0.25, 0.3) is 5.91 Å². The van der Waals surface area contributed by atoms with Crippen molar-refractivity contribution in [2.75, 3.05) is 20.3 Å². The second-order valence-corrected chi connectivity index (χ2v) is 15.4. The highest BCUT2D eigenvalue weighted by Crippen LogP contribution is 2.61. The molecule has 2 aliphatic heterocycles. The zero-order valence-electron chi connectivity index (χ0n) is 30.2. The van der Waals surface area contributed by atoms with Crippen LogP contribution in [0.3, 0.4) is 0 Å². The van der Waals surface area contributed by atoms with E-state index in [-0.39, 0.29) is 24.5 Å². The highest BCUT2D eigenvalue weighted by atomic mass is 16.7. The molecule has 1 aromatic rings. The van der Waals surface area contributed by atoms with Gasteiger partial charge in [0.05, 0.1) is 25.2 Å². The third-order valence-corrected chi connectivity index (χ3v) is 12.4. The molecule has 15 atom stereocenters. The summed E-state index contributed by atoms with van der Waals surface area (Å²) in [4.78, 5) is 38.5. The van der Waals surface area contributed by atoms with Crippen LogP contribution >= 0.6 is 0 Å². The fourth-order valence-electron chi connectivity index (χ4n) is 9.78. The number of aromatic hydroxyl groups is 1. The summed E-state index contributed by atoms with van der Waals surface area (Å²) in [5, 5.41) is 57.7. The van der Waals surface area contributed by atoms with E-state index in [9.17, 15) is 39.9 Å². The fraction of sp³-hybridized carbons (Fsp3) is 0.757. The van der Waals surface area contributed by atoms with Crippen LogP contribution in [0, 0.1) is 17.3 Å². The highest BCUT2D eigenvalue weighted by molar-refractivity contribution is 5.82. The first kappa shape index (κ1) is 38.8. The Hall–Kier alpha value is -2.89. The molecule has 4 fully saturated rings. The summed E-state index contributed by atoms with van der Waals surface area (Å²) >= 11 is 0. The molecule has 1 aromatic carbocycles. The molecular formula is C37H54N2O13. The molecule has 0 bridgehead atoms. The summed E-state index contributed by atoms with van der Waals surface area (Å²) in [5.74, 6) is 0.0445. The number of hydrogen-bond donors (Lipinski definition) is 7. The maximum absolute atomic E-state index is 13.4. The molecule has 7 N–H and O–H groups in total. The summed E-state index contributed by atoms with van der Waals surface area (Å²) in [7, 11) is 1.24. The number of rotatable bonds is 10. The molecule has 3 aliphatic carbocycles. The molecule has 0 spiro atoms. The molecule has 0 aromatic heterocycles. The maximum atomic E-state index is 13.4. The molecule has 52 heavy (non-hydrogen) atoms. The average molecular weight is 735 g/mol. The van der Waals surface area contributed by atoms with E-state index in [4.69, 9.17) is 23.7 Å². The van der Waals surface area contributed by atoms with Crippen molar-refractivity contribution in [2.45, 2.75) is 139 Å². The lowest BCUT2D eigenvalue weighted by Crippen LogP contribution is -2.68. The van der Waals surface area contributed by atoms with Gasteiger partial charge in [-0.2, -0.15) is 0 Å². The largest absolute Gasteiger partial charge is 0.508 e. The Morgan fingerprint density at radius 2 is 1.79 bits per heavy atom. The van der Waals surface area contributed by atoms with E-state index in [1.54, 1.807) is 13.0 Å². The van der Waals surface area contributed by atoms with Crippen LogP contribution in [-0.2, 0) is 44.5 Å². The molecule has 10 unspecified atom stereocenters. The van der Waals surface area contributed by atoms with Gasteiger partial charge in [-0.05, 0) is 86.5 Å². The maximum Gasteiger partial charge on any atom is 0.307 e. The molecule has 5 aliphatic rings. The van der Waals surface area contributed by atoms with Crippen molar-refractivity contribution in [1.82, 2.24) is 10.6 Å². The van der Waals surface area contributed by atoms with E-state index in [1.165, 1.54) is 25.2 Å². The first-order valence-electron chi connectivity index (χ1n) is 18.5. The van der Waals surface area contributed by atoms with Crippen molar-refractivity contribution < 1.29 is 63.6 Å². The first-order valence-corrected chi connectivity index (χ1v) is 18.5. The van der Waals surface area contributed by atoms with Crippen molar-refractivity contribution in [1.29, 1.82) is 0 Å². The molecule has 15 nitrogen and oxygen atoms in total. The van der Waals surface area contributed by atoms with E-state index in [0.29, 0.717) is 23.5 Å². The molecule has 290 valence electrons. The number of nitrogens with one attached hydrogen (secondary N) is 2. The number of phenolic OH excluding ortho intramolecular Hbond substituents is 1. The fourth-order valence-corrected chi connectivity index (χ4v) is 9.78. The number of carbonyl (C=O) groups is 3. The van der Waals surface area contributed by atoms with Crippen LogP contribution in [0.4, 0.5) is 0 Å². The Morgan fingerprint density at radius 1 is 1.02 bits per heavy atom. The average Bonchev–Trinajstić information content (AvgIpc) is 3.44. The van der Waals surface area contributed by atoms with Crippen LogP contribution in [0.2, 0.25) is 0 Å². The van der Waals surface area contributed by atoms with Gasteiger partial charge >= 0.3 is 5.97 Å². The minimum atomic E-state index is -1.72. The molecule has 0 radical (unpaired) electrons. The summed E-state index contributed by atoms with van der Waals surface area (Å²) in [6, 6.07) is 4.81. The monoisotopic (exact) mass is 734 g/mol. The van der Waals surface area contributed by atoms with Crippen LogP contribution in [0.5, 0.6) is 5.75 Å². The number of ether oxygens (including phenoxy) is 5. The first-order chi connectivity index (χ1) is 24.8. The zero-order chi connectivity index (χ0) is 37.5. The molecule has 2 amide bonds. The number of carbonyl (C=O) groups excluding carboxylic acids is 3. The zero-order valence-corrected chi connectivity index (χ0v) is 30.2.